The van der Waals surface area contributed by atoms with Crippen molar-refractivity contribution >= 4 is 0 Å². The Labute approximate surface area is 135 Å². The van der Waals surface area contributed by atoms with Crippen molar-refractivity contribution in [3.8, 4) is 0 Å². The third-order valence-corrected chi connectivity index (χ3v) is 6.32. The molecule has 0 aromatic heterocycles. The molecule has 1 saturated heterocycles. The van der Waals surface area contributed by atoms with Crippen LogP contribution in [0.1, 0.15) is 46.5 Å². The van der Waals surface area contributed by atoms with Crippen LogP contribution in [0.2, 0.25) is 0 Å². The summed E-state index contributed by atoms with van der Waals surface area (Å²) in [6.07, 6.45) is 4.87. The number of aliphatic hydroxyl groups is 2. The van der Waals surface area contributed by atoms with Crippen molar-refractivity contribution in [2.75, 3.05) is 40.0 Å². The van der Waals surface area contributed by atoms with E-state index in [0.717, 1.165) is 32.0 Å². The molecule has 2 N–H and O–H groups in total. The fourth-order valence-electron chi connectivity index (χ4n) is 4.15. The van der Waals surface area contributed by atoms with Gasteiger partial charge in [0.25, 0.3) is 0 Å². The van der Waals surface area contributed by atoms with E-state index in [-0.39, 0.29) is 24.2 Å². The Hall–Kier alpha value is -0.160. The Morgan fingerprint density at radius 2 is 1.77 bits per heavy atom. The van der Waals surface area contributed by atoms with Gasteiger partial charge in [-0.15, -0.1) is 0 Å². The van der Waals surface area contributed by atoms with Gasteiger partial charge in [-0.25, -0.2) is 0 Å². The fourth-order valence-corrected chi connectivity index (χ4v) is 4.15. The predicted molar refractivity (Wildman–Crippen MR) is 88.7 cm³/mol. The van der Waals surface area contributed by atoms with Crippen LogP contribution >= 0.6 is 0 Å². The van der Waals surface area contributed by atoms with Crippen LogP contribution in [0.3, 0.4) is 0 Å². The molecule has 1 aliphatic carbocycles. The summed E-state index contributed by atoms with van der Waals surface area (Å²) in [5.74, 6) is 1.81. The Morgan fingerprint density at radius 3 is 2.27 bits per heavy atom. The van der Waals surface area contributed by atoms with Gasteiger partial charge in [0.2, 0.25) is 0 Å². The summed E-state index contributed by atoms with van der Waals surface area (Å²) in [6.45, 7) is 10.3. The van der Waals surface area contributed by atoms with E-state index < -0.39 is 0 Å². The summed E-state index contributed by atoms with van der Waals surface area (Å²) in [7, 11) is 1.79. The summed E-state index contributed by atoms with van der Waals surface area (Å²) in [5.41, 5.74) is -0.137. The second-order valence-corrected chi connectivity index (χ2v) is 8.27. The largest absolute Gasteiger partial charge is 0.396 e. The lowest BCUT2D eigenvalue weighted by Crippen LogP contribution is -2.33. The van der Waals surface area contributed by atoms with Gasteiger partial charge in [0.1, 0.15) is 0 Å². The van der Waals surface area contributed by atoms with Crippen LogP contribution in [-0.4, -0.2) is 60.7 Å². The molecule has 0 amide bonds. The maximum atomic E-state index is 9.46. The van der Waals surface area contributed by atoms with E-state index in [0.29, 0.717) is 11.8 Å². The number of piperidine rings is 1. The minimum absolute atomic E-state index is 0.00781. The fraction of sp³-hybridized carbons (Fsp3) is 1.00. The zero-order valence-corrected chi connectivity index (χ0v) is 14.8. The molecule has 2 aliphatic rings. The molecule has 22 heavy (non-hydrogen) atoms. The van der Waals surface area contributed by atoms with Crippen molar-refractivity contribution in [3.05, 3.63) is 0 Å². The molecule has 1 aliphatic heterocycles. The standard InChI is InChI=1S/C18H35NO3/c1-14(6-5-8-17(2,3)22-4)7-9-19-10-15-16(11-19)18(15,12-20)13-21/h14-16,20-21H,5-13H2,1-4H3. The van der Waals surface area contributed by atoms with Crippen molar-refractivity contribution in [2.24, 2.45) is 23.2 Å². The second-order valence-electron chi connectivity index (χ2n) is 8.27. The highest BCUT2D eigenvalue weighted by Crippen LogP contribution is 2.61. The molecule has 2 fully saturated rings. The highest BCUT2D eigenvalue weighted by molar-refractivity contribution is 5.15. The lowest BCUT2D eigenvalue weighted by atomic mass is 9.94. The molecule has 0 bridgehead atoms. The molecule has 3 atom stereocenters. The first-order valence-corrected chi connectivity index (χ1v) is 8.88. The lowest BCUT2D eigenvalue weighted by Gasteiger charge is -2.26. The average Bonchev–Trinajstić information content (AvgIpc) is 2.87. The van der Waals surface area contributed by atoms with E-state index in [1.54, 1.807) is 7.11 Å². The molecule has 130 valence electrons. The first kappa shape index (κ1) is 18.2. The van der Waals surface area contributed by atoms with Crippen molar-refractivity contribution in [1.82, 2.24) is 4.90 Å². The van der Waals surface area contributed by atoms with Crippen LogP contribution < -0.4 is 0 Å². The van der Waals surface area contributed by atoms with Gasteiger partial charge in [-0.3, -0.25) is 0 Å². The summed E-state index contributed by atoms with van der Waals surface area (Å²) >= 11 is 0. The first-order valence-electron chi connectivity index (χ1n) is 8.88. The molecular formula is C18H35NO3. The van der Waals surface area contributed by atoms with Crippen molar-refractivity contribution in [3.63, 3.8) is 0 Å². The maximum absolute atomic E-state index is 9.46. The smallest absolute Gasteiger partial charge is 0.0622 e. The van der Waals surface area contributed by atoms with Crippen LogP contribution in [0.4, 0.5) is 0 Å². The molecule has 4 nitrogen and oxygen atoms in total. The SMILES string of the molecule is COC(C)(C)CCCC(C)CCN1CC2C(C1)C2(CO)CO. The normalized spacial score (nSPS) is 28.6. The molecule has 0 spiro atoms. The number of aliphatic hydroxyl groups excluding tert-OH is 2. The summed E-state index contributed by atoms with van der Waals surface area (Å²) < 4.78 is 5.47. The molecule has 0 aromatic carbocycles. The van der Waals surface area contributed by atoms with Gasteiger partial charge in [-0.05, 0) is 51.0 Å². The van der Waals surface area contributed by atoms with Gasteiger partial charge in [0.15, 0.2) is 0 Å². The monoisotopic (exact) mass is 313 g/mol. The molecule has 1 heterocycles. The van der Waals surface area contributed by atoms with E-state index in [4.69, 9.17) is 4.74 Å². The molecule has 3 unspecified atom stereocenters. The predicted octanol–water partition coefficient (Wildman–Crippen LogP) is 2.14. The van der Waals surface area contributed by atoms with Gasteiger partial charge in [0.05, 0.1) is 18.8 Å². The number of fused-ring (bicyclic) bond motifs is 1. The van der Waals surface area contributed by atoms with Gasteiger partial charge in [-0.1, -0.05) is 19.8 Å². The van der Waals surface area contributed by atoms with Crippen LogP contribution in [0.25, 0.3) is 0 Å². The topological polar surface area (TPSA) is 52.9 Å². The highest BCUT2D eigenvalue weighted by Gasteiger charge is 2.67. The first-order chi connectivity index (χ1) is 10.4. The van der Waals surface area contributed by atoms with Crippen molar-refractivity contribution < 1.29 is 14.9 Å². The minimum atomic E-state index is -0.145. The van der Waals surface area contributed by atoms with Gasteiger partial charge < -0.3 is 19.8 Å². The van der Waals surface area contributed by atoms with Crippen LogP contribution in [0.15, 0.2) is 0 Å². The molecule has 1 saturated carbocycles. The van der Waals surface area contributed by atoms with Gasteiger partial charge in [0, 0.05) is 25.6 Å². The number of nitrogens with zero attached hydrogens (tertiary/aromatic N) is 1. The zero-order chi connectivity index (χ0) is 16.4. The Balaban J connectivity index is 1.58. The van der Waals surface area contributed by atoms with Gasteiger partial charge >= 0.3 is 0 Å². The highest BCUT2D eigenvalue weighted by atomic mass is 16.5. The van der Waals surface area contributed by atoms with E-state index >= 15 is 0 Å². The van der Waals surface area contributed by atoms with Crippen molar-refractivity contribution in [2.45, 2.75) is 52.1 Å². The Bertz CT molecular complexity index is 340. The van der Waals surface area contributed by atoms with Crippen LogP contribution in [0.5, 0.6) is 0 Å². The van der Waals surface area contributed by atoms with E-state index in [1.807, 2.05) is 0 Å². The van der Waals surface area contributed by atoms with E-state index in [1.165, 1.54) is 19.3 Å². The zero-order valence-electron chi connectivity index (χ0n) is 14.8. The quantitative estimate of drug-likeness (QED) is 0.649. The number of ether oxygens (including phenoxy) is 1. The number of hydrogen-bond acceptors (Lipinski definition) is 4. The lowest BCUT2D eigenvalue weighted by molar-refractivity contribution is 0.0126. The summed E-state index contributed by atoms with van der Waals surface area (Å²) in [5, 5.41) is 18.9. The third-order valence-electron chi connectivity index (χ3n) is 6.32. The molecule has 0 aromatic rings. The molecule has 4 heteroatoms. The molecular weight excluding hydrogens is 278 g/mol. The van der Waals surface area contributed by atoms with E-state index in [9.17, 15) is 10.2 Å². The third kappa shape index (κ3) is 3.84. The summed E-state index contributed by atoms with van der Waals surface area (Å²) in [4.78, 5) is 2.52. The average molecular weight is 313 g/mol. The van der Waals surface area contributed by atoms with E-state index in [2.05, 4.69) is 25.7 Å². The molecule has 0 radical (unpaired) electrons. The number of methoxy groups -OCH3 is 1. The Morgan fingerprint density at radius 1 is 1.18 bits per heavy atom. The second kappa shape index (κ2) is 7.16. The number of likely N-dealkylation sites (tertiary alicyclic amines) is 1. The van der Waals surface area contributed by atoms with Gasteiger partial charge in [-0.2, -0.15) is 0 Å². The number of hydrogen-bond donors (Lipinski definition) is 2. The van der Waals surface area contributed by atoms with Crippen LogP contribution in [-0.2, 0) is 4.74 Å². The molecule has 2 rings (SSSR count). The summed E-state index contributed by atoms with van der Waals surface area (Å²) in [6, 6.07) is 0. The minimum Gasteiger partial charge on any atom is -0.396 e. The van der Waals surface area contributed by atoms with Crippen molar-refractivity contribution in [1.29, 1.82) is 0 Å². The van der Waals surface area contributed by atoms with Crippen LogP contribution in [0, 0.1) is 23.2 Å². The number of rotatable bonds is 10. The Kier molecular flexibility index (Phi) is 5.92. The maximum Gasteiger partial charge on any atom is 0.0622 e.